The lowest BCUT2D eigenvalue weighted by molar-refractivity contribution is -0.117. The molecule has 0 aliphatic carbocycles. The van der Waals surface area contributed by atoms with Crippen LogP contribution < -0.4 is 9.64 Å². The van der Waals surface area contributed by atoms with Gasteiger partial charge in [-0.25, -0.2) is 4.98 Å². The third kappa shape index (κ3) is 6.01. The average molecular weight is 527 g/mol. The number of nitrogens with zero attached hydrogens (tertiary/aromatic N) is 4. The van der Waals surface area contributed by atoms with Gasteiger partial charge in [-0.3, -0.25) is 14.4 Å². The van der Waals surface area contributed by atoms with Crippen molar-refractivity contribution in [2.45, 2.75) is 25.8 Å². The van der Waals surface area contributed by atoms with E-state index in [4.69, 9.17) is 27.9 Å². The van der Waals surface area contributed by atoms with E-state index in [0.29, 0.717) is 21.3 Å². The number of amides is 2. The lowest BCUT2D eigenvalue weighted by Crippen LogP contribution is -2.32. The Balaban J connectivity index is 1.58. The minimum atomic E-state index is -0.543. The van der Waals surface area contributed by atoms with Crippen LogP contribution in [0, 0.1) is 0 Å². The van der Waals surface area contributed by atoms with Crippen LogP contribution in [-0.2, 0) is 11.3 Å². The van der Waals surface area contributed by atoms with Crippen LogP contribution in [0.1, 0.15) is 45.8 Å². The molecule has 8 nitrogen and oxygen atoms in total. The van der Waals surface area contributed by atoms with Crippen LogP contribution in [0.2, 0.25) is 10.0 Å². The summed E-state index contributed by atoms with van der Waals surface area (Å²) in [7, 11) is 1.43. The van der Waals surface area contributed by atoms with E-state index in [-0.39, 0.29) is 24.2 Å². The second kappa shape index (κ2) is 11.5. The molecule has 10 heteroatoms. The van der Waals surface area contributed by atoms with Crippen molar-refractivity contribution < 1.29 is 19.1 Å². The molecule has 1 saturated heterocycles. The van der Waals surface area contributed by atoms with Crippen LogP contribution in [0.25, 0.3) is 0 Å². The highest BCUT2D eigenvalue weighted by Crippen LogP contribution is 2.26. The smallest absolute Gasteiger partial charge is 0.253 e. The number of Topliss-reactive ketones (excluding diaryl/α,β-unsaturated/α-hetero) is 1. The van der Waals surface area contributed by atoms with Crippen molar-refractivity contribution >= 4 is 46.5 Å². The first-order chi connectivity index (χ1) is 17.4. The van der Waals surface area contributed by atoms with E-state index in [1.165, 1.54) is 24.3 Å². The van der Waals surface area contributed by atoms with E-state index in [1.807, 2.05) is 4.90 Å². The number of rotatable bonds is 8. The minimum absolute atomic E-state index is 0.0354. The molecule has 0 spiro atoms. The van der Waals surface area contributed by atoms with Gasteiger partial charge >= 0.3 is 0 Å². The molecule has 2 amide bonds. The topological polar surface area (TPSA) is 92.7 Å². The third-order valence-electron chi connectivity index (χ3n) is 5.85. The molecule has 0 N–H and O–H groups in total. The van der Waals surface area contributed by atoms with Gasteiger partial charge in [-0.1, -0.05) is 29.3 Å². The first-order valence-corrected chi connectivity index (χ1v) is 12.1. The van der Waals surface area contributed by atoms with Crippen LogP contribution in [0.5, 0.6) is 5.88 Å². The van der Waals surface area contributed by atoms with Gasteiger partial charge in [0.15, 0.2) is 5.82 Å². The molecular formula is C26H24Cl2N4O4. The van der Waals surface area contributed by atoms with Gasteiger partial charge in [-0.15, -0.1) is 0 Å². The normalized spacial score (nSPS) is 12.9. The maximum Gasteiger partial charge on any atom is 0.253 e. The summed E-state index contributed by atoms with van der Waals surface area (Å²) in [5, 5.41) is 0.752. The van der Waals surface area contributed by atoms with Gasteiger partial charge in [-0.05, 0) is 54.8 Å². The Labute approximate surface area is 218 Å². The molecule has 0 atom stereocenters. The molecular weight excluding hydrogens is 503 g/mol. The Morgan fingerprint density at radius 3 is 2.39 bits per heavy atom. The van der Waals surface area contributed by atoms with Gasteiger partial charge in [0.1, 0.15) is 0 Å². The van der Waals surface area contributed by atoms with Gasteiger partial charge in [-0.2, -0.15) is 4.98 Å². The van der Waals surface area contributed by atoms with Crippen LogP contribution in [0.3, 0.4) is 0 Å². The van der Waals surface area contributed by atoms with Crippen molar-refractivity contribution in [2.75, 3.05) is 25.1 Å². The summed E-state index contributed by atoms with van der Waals surface area (Å²) in [6.45, 7) is 1.63. The molecule has 0 unspecified atom stereocenters. The van der Waals surface area contributed by atoms with Gasteiger partial charge in [0.05, 0.1) is 30.1 Å². The van der Waals surface area contributed by atoms with Crippen molar-refractivity contribution in [3.8, 4) is 5.88 Å². The molecule has 1 fully saturated rings. The number of carbonyl (C=O) groups is 3. The predicted octanol–water partition coefficient (Wildman–Crippen LogP) is 4.83. The van der Waals surface area contributed by atoms with Crippen molar-refractivity contribution in [3.05, 3.63) is 81.7 Å². The van der Waals surface area contributed by atoms with Crippen molar-refractivity contribution in [2.24, 2.45) is 0 Å². The number of methoxy groups -OCH3 is 1. The molecule has 1 aliphatic rings. The average Bonchev–Trinajstić information content (AvgIpc) is 3.44. The van der Waals surface area contributed by atoms with E-state index in [1.54, 1.807) is 42.5 Å². The number of hydrogen-bond donors (Lipinski definition) is 0. The second-order valence-electron chi connectivity index (χ2n) is 8.30. The fraction of sp³-hybridized carbons (Fsp3) is 0.269. The van der Waals surface area contributed by atoms with Gasteiger partial charge in [0.25, 0.3) is 5.91 Å². The van der Waals surface area contributed by atoms with E-state index in [0.717, 1.165) is 31.5 Å². The Hall–Kier alpha value is -3.49. The molecule has 4 rings (SSSR count). The Kier molecular flexibility index (Phi) is 8.18. The fourth-order valence-corrected chi connectivity index (χ4v) is 4.25. The predicted molar refractivity (Wildman–Crippen MR) is 137 cm³/mol. The summed E-state index contributed by atoms with van der Waals surface area (Å²) in [4.78, 5) is 50.1. The molecule has 1 aromatic heterocycles. The highest BCUT2D eigenvalue weighted by atomic mass is 35.5. The zero-order valence-electron chi connectivity index (χ0n) is 19.6. The molecule has 1 aliphatic heterocycles. The van der Waals surface area contributed by atoms with Crippen molar-refractivity contribution in [3.63, 3.8) is 0 Å². The SMILES string of the molecule is COc1ccnc(C(=O)CC(=O)N(Cc2ccc(Cl)c(Cl)c2)c2ccc(C(=O)N3CCCC3)cc2)n1. The van der Waals surface area contributed by atoms with E-state index in [9.17, 15) is 14.4 Å². The van der Waals surface area contributed by atoms with E-state index in [2.05, 4.69) is 9.97 Å². The summed E-state index contributed by atoms with van der Waals surface area (Å²) < 4.78 is 5.04. The molecule has 3 aromatic rings. The van der Waals surface area contributed by atoms with Crippen LogP contribution in [-0.4, -0.2) is 52.7 Å². The Bertz CT molecular complexity index is 1280. The lowest BCUT2D eigenvalue weighted by atomic mass is 10.1. The first kappa shape index (κ1) is 25.6. The number of anilines is 1. The number of benzene rings is 2. The summed E-state index contributed by atoms with van der Waals surface area (Å²) in [5.74, 6) is -0.919. The van der Waals surface area contributed by atoms with Crippen LogP contribution >= 0.6 is 23.2 Å². The van der Waals surface area contributed by atoms with E-state index >= 15 is 0 Å². The highest BCUT2D eigenvalue weighted by Gasteiger charge is 2.24. The number of halogens is 2. The zero-order valence-corrected chi connectivity index (χ0v) is 21.1. The molecule has 0 radical (unpaired) electrons. The van der Waals surface area contributed by atoms with Crippen molar-refractivity contribution in [1.29, 1.82) is 0 Å². The number of aromatic nitrogens is 2. The summed E-state index contributed by atoms with van der Waals surface area (Å²) in [5.41, 5.74) is 1.80. The number of carbonyl (C=O) groups excluding carboxylic acids is 3. The zero-order chi connectivity index (χ0) is 25.7. The van der Waals surface area contributed by atoms with Gasteiger partial charge in [0.2, 0.25) is 17.6 Å². The molecule has 36 heavy (non-hydrogen) atoms. The lowest BCUT2D eigenvalue weighted by Gasteiger charge is -2.24. The number of likely N-dealkylation sites (tertiary alicyclic amines) is 1. The molecule has 0 bridgehead atoms. The fourth-order valence-electron chi connectivity index (χ4n) is 3.93. The monoisotopic (exact) mass is 526 g/mol. The second-order valence-corrected chi connectivity index (χ2v) is 9.11. The summed E-state index contributed by atoms with van der Waals surface area (Å²) >= 11 is 12.2. The van der Waals surface area contributed by atoms with Crippen molar-refractivity contribution in [1.82, 2.24) is 14.9 Å². The maximum absolute atomic E-state index is 13.4. The molecule has 2 heterocycles. The quantitative estimate of drug-likeness (QED) is 0.308. The highest BCUT2D eigenvalue weighted by molar-refractivity contribution is 6.42. The number of ketones is 1. The molecule has 0 saturated carbocycles. The maximum atomic E-state index is 13.4. The molecule has 186 valence electrons. The summed E-state index contributed by atoms with van der Waals surface area (Å²) in [6.07, 6.45) is 2.94. The standard InChI is InChI=1S/C26H24Cl2N4O4/c1-36-23-10-11-29-25(30-23)22(33)15-24(34)32(16-17-4-9-20(27)21(28)14-17)19-7-5-18(6-8-19)26(35)31-12-2-3-13-31/h4-11,14H,2-3,12-13,15-16H2,1H3. The van der Waals surface area contributed by atoms with E-state index < -0.39 is 18.1 Å². The van der Waals surface area contributed by atoms with Crippen LogP contribution in [0.4, 0.5) is 5.69 Å². The first-order valence-electron chi connectivity index (χ1n) is 11.4. The number of ether oxygens (including phenoxy) is 1. The van der Waals surface area contributed by atoms with Crippen LogP contribution in [0.15, 0.2) is 54.7 Å². The largest absolute Gasteiger partial charge is 0.481 e. The third-order valence-corrected chi connectivity index (χ3v) is 6.58. The summed E-state index contributed by atoms with van der Waals surface area (Å²) in [6, 6.07) is 13.4. The Morgan fingerprint density at radius 1 is 1.00 bits per heavy atom. The number of hydrogen-bond acceptors (Lipinski definition) is 6. The minimum Gasteiger partial charge on any atom is -0.481 e. The van der Waals surface area contributed by atoms with Gasteiger partial charge in [0, 0.05) is 36.6 Å². The molecule has 2 aromatic carbocycles. The van der Waals surface area contributed by atoms with Gasteiger partial charge < -0.3 is 14.5 Å². The Morgan fingerprint density at radius 2 is 1.72 bits per heavy atom.